The van der Waals surface area contributed by atoms with Crippen LogP contribution in [-0.4, -0.2) is 28.8 Å². The number of carbonyl (C=O) groups excluding carboxylic acids is 2. The number of hydrogen-bond acceptors (Lipinski definition) is 3. The molecule has 3 saturated carbocycles. The molecule has 2 atom stereocenters. The number of hydrogen-bond donors (Lipinski definition) is 2. The summed E-state index contributed by atoms with van der Waals surface area (Å²) in [6, 6.07) is 8.22. The molecule has 5 nitrogen and oxygen atoms in total. The van der Waals surface area contributed by atoms with Crippen molar-refractivity contribution in [3.8, 4) is 0 Å². The summed E-state index contributed by atoms with van der Waals surface area (Å²) in [5.74, 6) is 0.791. The quantitative estimate of drug-likeness (QED) is 0.755. The van der Waals surface area contributed by atoms with E-state index in [0.717, 1.165) is 69.0 Å². The van der Waals surface area contributed by atoms with Gasteiger partial charge in [-0.25, -0.2) is 0 Å². The highest BCUT2D eigenvalue weighted by atomic mass is 16.2. The first-order valence-corrected chi connectivity index (χ1v) is 11.6. The first kappa shape index (κ1) is 20.4. The van der Waals surface area contributed by atoms with E-state index in [0.29, 0.717) is 12.5 Å². The Morgan fingerprint density at radius 2 is 1.52 bits per heavy atom. The average molecular weight is 398 g/mol. The lowest BCUT2D eigenvalue weighted by molar-refractivity contribution is -0.141. The van der Waals surface area contributed by atoms with Crippen molar-refractivity contribution in [3.63, 3.8) is 0 Å². The van der Waals surface area contributed by atoms with Gasteiger partial charge in [-0.05, 0) is 56.2 Å². The molecule has 0 heterocycles. The lowest BCUT2D eigenvalue weighted by Gasteiger charge is -2.40. The zero-order valence-electron chi connectivity index (χ0n) is 17.4. The lowest BCUT2D eigenvalue weighted by atomic mass is 9.85. The van der Waals surface area contributed by atoms with Crippen LogP contribution in [0.1, 0.15) is 76.2 Å². The predicted molar refractivity (Wildman–Crippen MR) is 115 cm³/mol. The number of nitrogens with two attached hydrogens (primary N) is 1. The molecule has 5 heteroatoms. The van der Waals surface area contributed by atoms with Gasteiger partial charge in [0.2, 0.25) is 11.8 Å². The minimum Gasteiger partial charge on any atom is -0.334 e. The predicted octanol–water partition coefficient (Wildman–Crippen LogP) is 4.21. The topological polar surface area (TPSA) is 75.4 Å². The van der Waals surface area contributed by atoms with E-state index in [4.69, 9.17) is 5.73 Å². The first-order valence-electron chi connectivity index (χ1n) is 11.6. The second-order valence-electron chi connectivity index (χ2n) is 9.28. The van der Waals surface area contributed by atoms with E-state index in [1.807, 2.05) is 24.3 Å². The second kappa shape index (κ2) is 9.29. The molecule has 0 bridgehead atoms. The van der Waals surface area contributed by atoms with Crippen molar-refractivity contribution < 1.29 is 9.59 Å². The van der Waals surface area contributed by atoms with Crippen molar-refractivity contribution in [1.82, 2.24) is 4.90 Å². The van der Waals surface area contributed by atoms with Gasteiger partial charge < -0.3 is 16.0 Å². The third-order valence-electron chi connectivity index (χ3n) is 6.94. The molecular weight excluding hydrogens is 362 g/mol. The van der Waals surface area contributed by atoms with Crippen LogP contribution < -0.4 is 11.1 Å². The van der Waals surface area contributed by atoms with Gasteiger partial charge in [0.1, 0.15) is 0 Å². The third-order valence-corrected chi connectivity index (χ3v) is 6.94. The molecule has 0 aromatic heterocycles. The smallest absolute Gasteiger partial charge is 0.227 e. The van der Waals surface area contributed by atoms with E-state index in [-0.39, 0.29) is 29.8 Å². The van der Waals surface area contributed by atoms with Crippen LogP contribution in [0.2, 0.25) is 0 Å². The van der Waals surface area contributed by atoms with Crippen LogP contribution in [-0.2, 0) is 16.1 Å². The molecule has 0 aliphatic heterocycles. The Morgan fingerprint density at radius 1 is 0.862 bits per heavy atom. The number of amides is 2. The Balaban J connectivity index is 1.46. The van der Waals surface area contributed by atoms with Gasteiger partial charge in [0.25, 0.3) is 0 Å². The summed E-state index contributed by atoms with van der Waals surface area (Å²) >= 11 is 0. The highest BCUT2D eigenvalue weighted by molar-refractivity contribution is 5.94. The molecule has 0 saturated heterocycles. The molecule has 2 amide bonds. The number of nitrogens with one attached hydrogen (secondary N) is 1. The fraction of sp³-hybridized carbons (Fsp3) is 0.667. The maximum Gasteiger partial charge on any atom is 0.227 e. The SMILES string of the molecule is NC1CCCCC1N(Cc1ccc(NC(=O)C2CC2)cc1)C(=O)C1CCCCC1. The summed E-state index contributed by atoms with van der Waals surface area (Å²) in [5.41, 5.74) is 8.42. The molecule has 158 valence electrons. The molecular formula is C24H35N3O2. The largest absolute Gasteiger partial charge is 0.334 e. The fourth-order valence-electron chi connectivity index (χ4n) is 4.95. The Bertz CT molecular complexity index is 707. The van der Waals surface area contributed by atoms with Gasteiger partial charge in [-0.3, -0.25) is 9.59 Å². The minimum atomic E-state index is 0.0772. The van der Waals surface area contributed by atoms with Crippen molar-refractivity contribution in [2.45, 2.75) is 89.3 Å². The van der Waals surface area contributed by atoms with Gasteiger partial charge in [-0.1, -0.05) is 44.2 Å². The molecule has 1 aromatic rings. The van der Waals surface area contributed by atoms with Gasteiger partial charge in [0.05, 0.1) is 0 Å². The summed E-state index contributed by atoms with van der Waals surface area (Å²) in [7, 11) is 0. The highest BCUT2D eigenvalue weighted by Gasteiger charge is 2.34. The van der Waals surface area contributed by atoms with E-state index in [1.54, 1.807) is 0 Å². The Morgan fingerprint density at radius 3 is 2.17 bits per heavy atom. The Labute approximate surface area is 174 Å². The summed E-state index contributed by atoms with van der Waals surface area (Å²) in [4.78, 5) is 27.5. The normalized spacial score (nSPS) is 25.4. The van der Waals surface area contributed by atoms with Gasteiger partial charge in [0, 0.05) is 36.2 Å². The van der Waals surface area contributed by atoms with Gasteiger partial charge in [-0.2, -0.15) is 0 Å². The molecule has 29 heavy (non-hydrogen) atoms. The van der Waals surface area contributed by atoms with Crippen LogP contribution in [0, 0.1) is 11.8 Å². The lowest BCUT2D eigenvalue weighted by Crippen LogP contribution is -2.53. The zero-order valence-corrected chi connectivity index (χ0v) is 17.4. The summed E-state index contributed by atoms with van der Waals surface area (Å²) < 4.78 is 0. The monoisotopic (exact) mass is 397 g/mol. The fourth-order valence-corrected chi connectivity index (χ4v) is 4.95. The molecule has 3 aliphatic carbocycles. The Kier molecular flexibility index (Phi) is 6.53. The van der Waals surface area contributed by atoms with Crippen LogP contribution in [0.15, 0.2) is 24.3 Å². The standard InChI is InChI=1S/C24H35N3O2/c25-21-8-4-5-9-22(21)27(24(29)19-6-2-1-3-7-19)16-17-10-14-20(15-11-17)26-23(28)18-12-13-18/h10-11,14-15,18-19,21-22H,1-9,12-13,16,25H2,(H,26,28). The average Bonchev–Trinajstić information content (AvgIpc) is 3.60. The maximum absolute atomic E-state index is 13.5. The molecule has 3 aliphatic rings. The number of anilines is 1. The van der Waals surface area contributed by atoms with Crippen LogP contribution in [0.4, 0.5) is 5.69 Å². The number of benzene rings is 1. The van der Waals surface area contributed by atoms with E-state index >= 15 is 0 Å². The van der Waals surface area contributed by atoms with Crippen molar-refractivity contribution in [2.75, 3.05) is 5.32 Å². The number of rotatable bonds is 6. The summed E-state index contributed by atoms with van der Waals surface area (Å²) in [5, 5.41) is 2.99. The van der Waals surface area contributed by atoms with Crippen molar-refractivity contribution >= 4 is 17.5 Å². The summed E-state index contributed by atoms with van der Waals surface area (Å²) in [6.45, 7) is 0.616. The molecule has 1 aromatic carbocycles. The first-order chi connectivity index (χ1) is 14.1. The second-order valence-corrected chi connectivity index (χ2v) is 9.28. The van der Waals surface area contributed by atoms with E-state index in [9.17, 15) is 9.59 Å². The molecule has 3 fully saturated rings. The van der Waals surface area contributed by atoms with E-state index in [1.165, 1.54) is 12.8 Å². The van der Waals surface area contributed by atoms with Crippen LogP contribution in [0.3, 0.4) is 0 Å². The molecule has 3 N–H and O–H groups in total. The number of nitrogens with zero attached hydrogens (tertiary/aromatic N) is 1. The zero-order chi connectivity index (χ0) is 20.2. The highest BCUT2D eigenvalue weighted by Crippen LogP contribution is 2.31. The third kappa shape index (κ3) is 5.19. The van der Waals surface area contributed by atoms with Crippen LogP contribution in [0.25, 0.3) is 0 Å². The van der Waals surface area contributed by atoms with Crippen LogP contribution >= 0.6 is 0 Å². The summed E-state index contributed by atoms with van der Waals surface area (Å²) in [6.07, 6.45) is 12.0. The van der Waals surface area contributed by atoms with Crippen molar-refractivity contribution in [3.05, 3.63) is 29.8 Å². The van der Waals surface area contributed by atoms with E-state index < -0.39 is 0 Å². The van der Waals surface area contributed by atoms with Crippen LogP contribution in [0.5, 0.6) is 0 Å². The minimum absolute atomic E-state index is 0.0772. The Hall–Kier alpha value is -1.88. The van der Waals surface area contributed by atoms with Gasteiger partial charge in [0.15, 0.2) is 0 Å². The van der Waals surface area contributed by atoms with E-state index in [2.05, 4.69) is 10.2 Å². The molecule has 0 radical (unpaired) electrons. The molecule has 0 spiro atoms. The molecule has 2 unspecified atom stereocenters. The maximum atomic E-state index is 13.5. The van der Waals surface area contributed by atoms with Crippen molar-refractivity contribution in [2.24, 2.45) is 17.6 Å². The van der Waals surface area contributed by atoms with Gasteiger partial charge >= 0.3 is 0 Å². The van der Waals surface area contributed by atoms with Crippen molar-refractivity contribution in [1.29, 1.82) is 0 Å². The van der Waals surface area contributed by atoms with Gasteiger partial charge in [-0.15, -0.1) is 0 Å². The molecule has 4 rings (SSSR count). The number of carbonyl (C=O) groups is 2.